The van der Waals surface area contributed by atoms with E-state index in [9.17, 15) is 22.3 Å². The Morgan fingerprint density at radius 2 is 1.84 bits per heavy atom. The van der Waals surface area contributed by atoms with E-state index in [0.717, 1.165) is 30.2 Å². The predicted octanol–water partition coefficient (Wildman–Crippen LogP) is 2.90. The van der Waals surface area contributed by atoms with Gasteiger partial charge in [0.15, 0.2) is 16.7 Å². The van der Waals surface area contributed by atoms with Crippen LogP contribution in [0.15, 0.2) is 23.4 Å². The topological polar surface area (TPSA) is 126 Å². The van der Waals surface area contributed by atoms with Crippen molar-refractivity contribution in [3.8, 4) is 5.75 Å². The molecule has 0 aliphatic carbocycles. The summed E-state index contributed by atoms with van der Waals surface area (Å²) >= 11 is 1.15. The molecule has 0 fully saturated rings. The van der Waals surface area contributed by atoms with Crippen molar-refractivity contribution in [1.29, 1.82) is 0 Å². The number of nitrogens with zero attached hydrogens (tertiary/aromatic N) is 3. The van der Waals surface area contributed by atoms with Gasteiger partial charge in [-0.05, 0) is 31.4 Å². The minimum Gasteiger partial charge on any atom is -0.489 e. The molecule has 13 heteroatoms. The summed E-state index contributed by atoms with van der Waals surface area (Å²) in [4.78, 5) is 12.5. The summed E-state index contributed by atoms with van der Waals surface area (Å²) in [5, 5.41) is 12.5. The zero-order valence-corrected chi connectivity index (χ0v) is 19.8. The number of benzene rings is 1. The van der Waals surface area contributed by atoms with E-state index >= 15 is 0 Å². The molecule has 0 amide bonds. The molecule has 1 aromatic heterocycles. The number of hydrogen-bond acceptors (Lipinski definition) is 9. The monoisotopic (exact) mass is 491 g/mol. The maximum absolute atomic E-state index is 13.7. The highest BCUT2D eigenvalue weighted by Crippen LogP contribution is 2.24. The SMILES string of the molecule is CC(C)C[C@H](CO)Nc1nc(NS(C)(=O)=O)nc(S[C@@H](C)COc2ccc(F)cc2F)n1. The third-order valence-electron chi connectivity index (χ3n) is 3.88. The number of thioether (sulfide) groups is 1. The van der Waals surface area contributed by atoms with Gasteiger partial charge in [0, 0.05) is 11.3 Å². The lowest BCUT2D eigenvalue weighted by Crippen LogP contribution is -2.27. The third kappa shape index (κ3) is 9.09. The van der Waals surface area contributed by atoms with E-state index in [2.05, 4.69) is 25.0 Å². The van der Waals surface area contributed by atoms with Gasteiger partial charge in [-0.1, -0.05) is 25.6 Å². The second-order valence-corrected chi connectivity index (χ2v) is 10.8. The molecule has 178 valence electrons. The molecule has 1 aromatic carbocycles. The Labute approximate surface area is 190 Å². The summed E-state index contributed by atoms with van der Waals surface area (Å²) < 4.78 is 57.6. The molecule has 32 heavy (non-hydrogen) atoms. The zero-order chi connectivity index (χ0) is 23.9. The molecule has 0 saturated carbocycles. The molecule has 2 rings (SSSR count). The smallest absolute Gasteiger partial charge is 0.242 e. The standard InChI is InChI=1S/C19H27F2N5O4S2/c1-11(2)7-14(9-27)22-17-23-18(26-32(4,28)29)25-19(24-17)31-12(3)10-30-16-6-5-13(20)8-15(16)21/h5-6,8,11-12,14,27H,7,9-10H2,1-4H3,(H2,22,23,24,25,26)/t12-,14+/m0/s1. The van der Waals surface area contributed by atoms with Crippen LogP contribution in [0.4, 0.5) is 20.7 Å². The van der Waals surface area contributed by atoms with Crippen molar-refractivity contribution in [3.63, 3.8) is 0 Å². The number of sulfonamides is 1. The van der Waals surface area contributed by atoms with Crippen LogP contribution in [0.2, 0.25) is 0 Å². The van der Waals surface area contributed by atoms with Gasteiger partial charge in [0.2, 0.25) is 21.9 Å². The van der Waals surface area contributed by atoms with Crippen LogP contribution in [-0.4, -0.2) is 59.2 Å². The fraction of sp³-hybridized carbons (Fsp3) is 0.526. The summed E-state index contributed by atoms with van der Waals surface area (Å²) in [6, 6.07) is 2.70. The number of aliphatic hydroxyl groups excluding tert-OH is 1. The maximum Gasteiger partial charge on any atom is 0.242 e. The first-order chi connectivity index (χ1) is 14.9. The van der Waals surface area contributed by atoms with Crippen molar-refractivity contribution in [2.45, 2.75) is 43.6 Å². The Kier molecular flexibility index (Phi) is 9.40. The minimum absolute atomic E-state index is 0.0586. The van der Waals surface area contributed by atoms with Crippen LogP contribution < -0.4 is 14.8 Å². The highest BCUT2D eigenvalue weighted by atomic mass is 32.2. The highest BCUT2D eigenvalue weighted by molar-refractivity contribution is 7.99. The van der Waals surface area contributed by atoms with Gasteiger partial charge >= 0.3 is 0 Å². The Hall–Kier alpha value is -2.25. The number of hydrogen-bond donors (Lipinski definition) is 3. The van der Waals surface area contributed by atoms with Crippen molar-refractivity contribution in [3.05, 3.63) is 29.8 Å². The van der Waals surface area contributed by atoms with Crippen molar-refractivity contribution in [2.24, 2.45) is 5.92 Å². The molecule has 0 aliphatic rings. The molecule has 9 nitrogen and oxygen atoms in total. The molecule has 0 saturated heterocycles. The quantitative estimate of drug-likeness (QED) is 0.384. The van der Waals surface area contributed by atoms with Crippen LogP contribution >= 0.6 is 11.8 Å². The number of anilines is 2. The molecular weight excluding hydrogens is 464 g/mol. The van der Waals surface area contributed by atoms with Crippen LogP contribution in [0.25, 0.3) is 0 Å². The number of rotatable bonds is 12. The first-order valence-corrected chi connectivity index (χ1v) is 12.6. The van der Waals surface area contributed by atoms with Gasteiger partial charge in [0.05, 0.1) is 18.9 Å². The normalized spacial score (nSPS) is 13.6. The van der Waals surface area contributed by atoms with Gasteiger partial charge in [-0.15, -0.1) is 0 Å². The van der Waals surface area contributed by atoms with Gasteiger partial charge in [0.1, 0.15) is 12.4 Å². The van der Waals surface area contributed by atoms with E-state index in [0.29, 0.717) is 12.3 Å². The summed E-state index contributed by atoms with van der Waals surface area (Å²) in [5.74, 6) is -1.37. The average Bonchev–Trinajstić information content (AvgIpc) is 2.64. The van der Waals surface area contributed by atoms with E-state index in [4.69, 9.17) is 4.74 Å². The van der Waals surface area contributed by atoms with Crippen LogP contribution in [0.5, 0.6) is 5.75 Å². The number of aromatic nitrogens is 3. The fourth-order valence-electron chi connectivity index (χ4n) is 2.63. The molecule has 2 aromatic rings. The first-order valence-electron chi connectivity index (χ1n) is 9.81. The van der Waals surface area contributed by atoms with Gasteiger partial charge in [-0.2, -0.15) is 15.0 Å². The predicted molar refractivity (Wildman–Crippen MR) is 119 cm³/mol. The van der Waals surface area contributed by atoms with Crippen molar-refractivity contribution in [1.82, 2.24) is 15.0 Å². The minimum atomic E-state index is -3.63. The van der Waals surface area contributed by atoms with E-state index in [1.165, 1.54) is 6.07 Å². The van der Waals surface area contributed by atoms with Crippen LogP contribution in [0.1, 0.15) is 27.2 Å². The number of halogens is 2. The van der Waals surface area contributed by atoms with Crippen molar-refractivity contribution >= 4 is 33.7 Å². The lowest BCUT2D eigenvalue weighted by Gasteiger charge is -2.19. The number of aliphatic hydroxyl groups is 1. The fourth-order valence-corrected chi connectivity index (χ4v) is 3.83. The molecule has 3 N–H and O–H groups in total. The summed E-state index contributed by atoms with van der Waals surface area (Å²) in [7, 11) is -3.63. The largest absolute Gasteiger partial charge is 0.489 e. The average molecular weight is 492 g/mol. The Bertz CT molecular complexity index is 1010. The molecule has 0 spiro atoms. The lowest BCUT2D eigenvalue weighted by atomic mass is 10.0. The van der Waals surface area contributed by atoms with Crippen LogP contribution in [0, 0.1) is 17.6 Å². The van der Waals surface area contributed by atoms with Crippen molar-refractivity contribution < 1.29 is 27.0 Å². The molecule has 0 radical (unpaired) electrons. The van der Waals surface area contributed by atoms with E-state index < -0.39 is 21.7 Å². The molecule has 1 heterocycles. The number of nitrogens with one attached hydrogen (secondary N) is 2. The van der Waals surface area contributed by atoms with Crippen LogP contribution in [0.3, 0.4) is 0 Å². The summed E-state index contributed by atoms with van der Waals surface area (Å²) in [6.07, 6.45) is 1.62. The van der Waals surface area contributed by atoms with E-state index in [1.807, 2.05) is 13.8 Å². The summed E-state index contributed by atoms with van der Waals surface area (Å²) in [5.41, 5.74) is 0. The van der Waals surface area contributed by atoms with Gasteiger partial charge in [-0.3, -0.25) is 4.72 Å². The number of ether oxygens (including phenoxy) is 1. The second kappa shape index (κ2) is 11.6. The highest BCUT2D eigenvalue weighted by Gasteiger charge is 2.17. The Morgan fingerprint density at radius 1 is 1.16 bits per heavy atom. The molecule has 0 bridgehead atoms. The van der Waals surface area contributed by atoms with E-state index in [1.54, 1.807) is 6.92 Å². The van der Waals surface area contributed by atoms with Gasteiger partial charge < -0.3 is 15.2 Å². The Balaban J connectivity index is 2.15. The van der Waals surface area contributed by atoms with Crippen molar-refractivity contribution in [2.75, 3.05) is 29.5 Å². The van der Waals surface area contributed by atoms with Crippen LogP contribution in [-0.2, 0) is 10.0 Å². The first kappa shape index (κ1) is 26.0. The zero-order valence-electron chi connectivity index (χ0n) is 18.2. The molecule has 0 unspecified atom stereocenters. The van der Waals surface area contributed by atoms with Gasteiger partial charge in [0.25, 0.3) is 0 Å². The lowest BCUT2D eigenvalue weighted by molar-refractivity contribution is 0.259. The second-order valence-electron chi connectivity index (χ2n) is 7.61. The third-order valence-corrected chi connectivity index (χ3v) is 5.36. The Morgan fingerprint density at radius 3 is 2.44 bits per heavy atom. The molecule has 0 aliphatic heterocycles. The summed E-state index contributed by atoms with van der Waals surface area (Å²) in [6.45, 7) is 5.68. The van der Waals surface area contributed by atoms with Gasteiger partial charge in [-0.25, -0.2) is 17.2 Å². The maximum atomic E-state index is 13.7. The molecule has 2 atom stereocenters. The molecular formula is C19H27F2N5O4S2. The van der Waals surface area contributed by atoms with E-state index in [-0.39, 0.29) is 47.3 Å².